The maximum atomic E-state index is 12.1. The summed E-state index contributed by atoms with van der Waals surface area (Å²) in [7, 11) is 1.34. The Kier molecular flexibility index (Phi) is 4.27. The number of fused-ring (bicyclic) bond motifs is 1. The van der Waals surface area contributed by atoms with Gasteiger partial charge in [0.2, 0.25) is 0 Å². The number of carbonyl (C=O) groups excluding carboxylic acids is 2. The molecule has 0 aliphatic carbocycles. The molecular formula is C14H15NO3S. The first-order chi connectivity index (χ1) is 9.17. The zero-order valence-electron chi connectivity index (χ0n) is 10.9. The normalized spacial score (nSPS) is 10.6. The number of ketones is 1. The number of ether oxygens (including phenoxy) is 1. The number of aromatic nitrogens is 1. The summed E-state index contributed by atoms with van der Waals surface area (Å²) in [4.78, 5) is 26.6. The van der Waals surface area contributed by atoms with Gasteiger partial charge >= 0.3 is 5.97 Å². The van der Waals surface area contributed by atoms with Crippen molar-refractivity contribution in [1.29, 1.82) is 0 Å². The number of rotatable bonds is 5. The molecule has 0 fully saturated rings. The van der Waals surface area contributed by atoms with Crippen molar-refractivity contribution in [2.24, 2.45) is 0 Å². The second-order valence-corrected chi connectivity index (χ2v) is 5.29. The molecule has 1 heterocycles. The summed E-state index contributed by atoms with van der Waals surface area (Å²) >= 11 is 1.58. The van der Waals surface area contributed by atoms with Crippen LogP contribution >= 0.6 is 11.8 Å². The third-order valence-electron chi connectivity index (χ3n) is 2.84. The lowest BCUT2D eigenvalue weighted by Crippen LogP contribution is -2.03. The second-order valence-electron chi connectivity index (χ2n) is 4.01. The molecule has 1 aromatic carbocycles. The van der Waals surface area contributed by atoms with Crippen LogP contribution in [-0.2, 0) is 4.74 Å². The number of nitrogens with one attached hydrogen (secondary N) is 1. The first-order valence-corrected chi connectivity index (χ1v) is 7.13. The topological polar surface area (TPSA) is 59.2 Å². The zero-order chi connectivity index (χ0) is 13.8. The molecule has 0 radical (unpaired) electrons. The van der Waals surface area contributed by atoms with Gasteiger partial charge in [0.15, 0.2) is 5.78 Å². The summed E-state index contributed by atoms with van der Waals surface area (Å²) in [5.41, 5.74) is 1.92. The van der Waals surface area contributed by atoms with Crippen molar-refractivity contribution >= 4 is 34.4 Å². The molecule has 0 atom stereocenters. The molecular weight excluding hydrogens is 262 g/mol. The van der Waals surface area contributed by atoms with E-state index < -0.39 is 5.97 Å². The Balaban J connectivity index is 2.39. The van der Waals surface area contributed by atoms with Gasteiger partial charge in [0.25, 0.3) is 0 Å². The number of aromatic amines is 1. The van der Waals surface area contributed by atoms with Crippen LogP contribution in [0.15, 0.2) is 24.4 Å². The van der Waals surface area contributed by atoms with Crippen LogP contribution in [0.3, 0.4) is 0 Å². The lowest BCUT2D eigenvalue weighted by atomic mass is 10.1. The highest BCUT2D eigenvalue weighted by Gasteiger charge is 2.14. The van der Waals surface area contributed by atoms with Gasteiger partial charge in [0, 0.05) is 22.7 Å². The number of esters is 1. The van der Waals surface area contributed by atoms with Crippen molar-refractivity contribution in [2.75, 3.05) is 18.6 Å². The van der Waals surface area contributed by atoms with Gasteiger partial charge in [-0.1, -0.05) is 6.92 Å². The summed E-state index contributed by atoms with van der Waals surface area (Å²) < 4.78 is 4.69. The molecule has 2 rings (SSSR count). The smallest absolute Gasteiger partial charge is 0.337 e. The predicted molar refractivity (Wildman–Crippen MR) is 77.0 cm³/mol. The fourth-order valence-corrected chi connectivity index (χ4v) is 2.41. The fourth-order valence-electron chi connectivity index (χ4n) is 1.87. The molecule has 0 saturated heterocycles. The number of carbonyl (C=O) groups is 2. The van der Waals surface area contributed by atoms with Crippen LogP contribution in [0.2, 0.25) is 0 Å². The third kappa shape index (κ3) is 2.81. The Morgan fingerprint density at radius 2 is 2.16 bits per heavy atom. The standard InChI is InChI=1S/C14H15NO3S/c1-3-19-8-13(16)11-7-15-12-5-4-9(6-10(11)12)14(17)18-2/h4-7,15H,3,8H2,1-2H3. The highest BCUT2D eigenvalue weighted by Crippen LogP contribution is 2.22. The van der Waals surface area contributed by atoms with E-state index in [0.29, 0.717) is 16.9 Å². The van der Waals surface area contributed by atoms with E-state index in [0.717, 1.165) is 16.7 Å². The van der Waals surface area contributed by atoms with Crippen molar-refractivity contribution in [2.45, 2.75) is 6.92 Å². The molecule has 2 aromatic rings. The molecule has 19 heavy (non-hydrogen) atoms. The van der Waals surface area contributed by atoms with E-state index in [1.165, 1.54) is 7.11 Å². The van der Waals surface area contributed by atoms with Crippen LogP contribution in [0.1, 0.15) is 27.6 Å². The number of hydrogen-bond donors (Lipinski definition) is 1. The van der Waals surface area contributed by atoms with Crippen molar-refractivity contribution < 1.29 is 14.3 Å². The van der Waals surface area contributed by atoms with E-state index in [1.807, 2.05) is 6.92 Å². The predicted octanol–water partition coefficient (Wildman–Crippen LogP) is 2.89. The number of benzene rings is 1. The number of hydrogen-bond acceptors (Lipinski definition) is 4. The summed E-state index contributed by atoms with van der Waals surface area (Å²) in [6.07, 6.45) is 1.70. The van der Waals surface area contributed by atoms with E-state index in [9.17, 15) is 9.59 Å². The molecule has 0 bridgehead atoms. The Morgan fingerprint density at radius 1 is 1.37 bits per heavy atom. The molecule has 0 unspecified atom stereocenters. The molecule has 0 spiro atoms. The molecule has 0 amide bonds. The summed E-state index contributed by atoms with van der Waals surface area (Å²) in [5, 5.41) is 0.768. The average molecular weight is 277 g/mol. The molecule has 0 aliphatic rings. The molecule has 4 nitrogen and oxygen atoms in total. The second kappa shape index (κ2) is 5.93. The van der Waals surface area contributed by atoms with Gasteiger partial charge in [-0.05, 0) is 24.0 Å². The SMILES string of the molecule is CCSCC(=O)c1c[nH]c2ccc(C(=O)OC)cc12. The van der Waals surface area contributed by atoms with E-state index in [-0.39, 0.29) is 5.78 Å². The van der Waals surface area contributed by atoms with Crippen molar-refractivity contribution in [3.8, 4) is 0 Å². The van der Waals surface area contributed by atoms with Gasteiger partial charge in [-0.15, -0.1) is 0 Å². The van der Waals surface area contributed by atoms with Crippen LogP contribution in [-0.4, -0.2) is 35.4 Å². The Hall–Kier alpha value is -1.75. The number of thioether (sulfide) groups is 1. The van der Waals surface area contributed by atoms with Crippen LogP contribution in [0.4, 0.5) is 0 Å². The van der Waals surface area contributed by atoms with Gasteiger partial charge in [0.05, 0.1) is 18.4 Å². The van der Waals surface area contributed by atoms with Crippen LogP contribution in [0.25, 0.3) is 10.9 Å². The number of methoxy groups -OCH3 is 1. The van der Waals surface area contributed by atoms with E-state index in [1.54, 1.807) is 36.2 Å². The lowest BCUT2D eigenvalue weighted by molar-refractivity contribution is 0.0600. The quantitative estimate of drug-likeness (QED) is 0.674. The first kappa shape index (κ1) is 13.7. The third-order valence-corrected chi connectivity index (χ3v) is 3.72. The van der Waals surface area contributed by atoms with Crippen LogP contribution in [0.5, 0.6) is 0 Å². The Morgan fingerprint density at radius 3 is 2.84 bits per heavy atom. The van der Waals surface area contributed by atoms with Crippen molar-refractivity contribution in [1.82, 2.24) is 4.98 Å². The molecule has 100 valence electrons. The van der Waals surface area contributed by atoms with Crippen LogP contribution in [0, 0.1) is 0 Å². The lowest BCUT2D eigenvalue weighted by Gasteiger charge is -2.01. The minimum atomic E-state index is -0.399. The summed E-state index contributed by atoms with van der Waals surface area (Å²) in [6, 6.07) is 5.16. The van der Waals surface area contributed by atoms with Gasteiger partial charge < -0.3 is 9.72 Å². The summed E-state index contributed by atoms with van der Waals surface area (Å²) in [5.74, 6) is 1.03. The van der Waals surface area contributed by atoms with E-state index in [2.05, 4.69) is 9.72 Å². The molecule has 5 heteroatoms. The highest BCUT2D eigenvalue weighted by atomic mass is 32.2. The van der Waals surface area contributed by atoms with Crippen molar-refractivity contribution in [3.63, 3.8) is 0 Å². The minimum absolute atomic E-state index is 0.0696. The zero-order valence-corrected chi connectivity index (χ0v) is 11.7. The maximum absolute atomic E-state index is 12.1. The Labute approximate surface area is 115 Å². The monoisotopic (exact) mass is 277 g/mol. The maximum Gasteiger partial charge on any atom is 0.337 e. The van der Waals surface area contributed by atoms with E-state index in [4.69, 9.17) is 0 Å². The van der Waals surface area contributed by atoms with Gasteiger partial charge in [-0.3, -0.25) is 4.79 Å². The van der Waals surface area contributed by atoms with Gasteiger partial charge in [0.1, 0.15) is 0 Å². The average Bonchev–Trinajstić information content (AvgIpc) is 2.86. The molecule has 1 aromatic heterocycles. The van der Waals surface area contributed by atoms with Crippen LogP contribution < -0.4 is 0 Å². The highest BCUT2D eigenvalue weighted by molar-refractivity contribution is 7.99. The van der Waals surface area contributed by atoms with E-state index >= 15 is 0 Å². The summed E-state index contributed by atoms with van der Waals surface area (Å²) in [6.45, 7) is 2.02. The minimum Gasteiger partial charge on any atom is -0.465 e. The fraction of sp³-hybridized carbons (Fsp3) is 0.286. The van der Waals surface area contributed by atoms with Gasteiger partial charge in [-0.25, -0.2) is 4.79 Å². The Bertz CT molecular complexity index is 618. The number of Topliss-reactive ketones (excluding diaryl/α,β-unsaturated/α-hetero) is 1. The molecule has 0 saturated carbocycles. The first-order valence-electron chi connectivity index (χ1n) is 5.97. The molecule has 0 aliphatic heterocycles. The van der Waals surface area contributed by atoms with Gasteiger partial charge in [-0.2, -0.15) is 11.8 Å². The molecule has 1 N–H and O–H groups in total. The number of H-pyrrole nitrogens is 1. The largest absolute Gasteiger partial charge is 0.465 e. The van der Waals surface area contributed by atoms with Crippen molar-refractivity contribution in [3.05, 3.63) is 35.5 Å².